The molecular formula is C25H20O. The maximum absolute atomic E-state index is 6.05. The van der Waals surface area contributed by atoms with E-state index in [0.29, 0.717) is 6.42 Å². The molecule has 0 radical (unpaired) electrons. The van der Waals surface area contributed by atoms with Crippen molar-refractivity contribution in [3.05, 3.63) is 102 Å². The number of methoxy groups -OCH3 is 1. The van der Waals surface area contributed by atoms with Crippen molar-refractivity contribution in [2.24, 2.45) is 0 Å². The summed E-state index contributed by atoms with van der Waals surface area (Å²) in [6, 6.07) is 28.1. The standard InChI is InChI=1S/C25H20O/c1-3-25(22-12-6-4-7-13-22,23-14-8-5-9-15-23)20-10-11-21-16-18-24(26-2)19-17-21/h1,4-9,12-19H,20H2,2H3. The molecule has 0 aliphatic carbocycles. The summed E-state index contributed by atoms with van der Waals surface area (Å²) in [5, 5.41) is 0. The highest BCUT2D eigenvalue weighted by atomic mass is 16.5. The van der Waals surface area contributed by atoms with E-state index >= 15 is 0 Å². The van der Waals surface area contributed by atoms with Gasteiger partial charge in [-0.3, -0.25) is 0 Å². The Hall–Kier alpha value is -3.42. The Bertz CT molecular complexity index is 897. The van der Waals surface area contributed by atoms with Crippen molar-refractivity contribution in [3.63, 3.8) is 0 Å². The molecule has 0 aliphatic heterocycles. The minimum atomic E-state index is -0.567. The maximum Gasteiger partial charge on any atom is 0.118 e. The molecular weight excluding hydrogens is 316 g/mol. The molecule has 3 rings (SSSR count). The number of ether oxygens (including phenoxy) is 1. The Morgan fingerprint density at radius 1 is 0.808 bits per heavy atom. The van der Waals surface area contributed by atoms with Crippen molar-refractivity contribution in [2.75, 3.05) is 7.11 Å². The molecule has 0 aromatic heterocycles. The van der Waals surface area contributed by atoms with E-state index in [-0.39, 0.29) is 0 Å². The first-order valence-corrected chi connectivity index (χ1v) is 8.50. The van der Waals surface area contributed by atoms with Gasteiger partial charge < -0.3 is 4.74 Å². The van der Waals surface area contributed by atoms with Gasteiger partial charge >= 0.3 is 0 Å². The summed E-state index contributed by atoms with van der Waals surface area (Å²) in [7, 11) is 1.65. The molecule has 0 fully saturated rings. The van der Waals surface area contributed by atoms with Gasteiger partial charge in [0, 0.05) is 12.0 Å². The zero-order valence-corrected chi connectivity index (χ0v) is 14.8. The normalized spacial score (nSPS) is 10.3. The lowest BCUT2D eigenvalue weighted by atomic mass is 9.73. The predicted molar refractivity (Wildman–Crippen MR) is 107 cm³/mol. The molecule has 1 heteroatoms. The van der Waals surface area contributed by atoms with Crippen molar-refractivity contribution in [1.82, 2.24) is 0 Å². The summed E-state index contributed by atoms with van der Waals surface area (Å²) in [5.41, 5.74) is 2.54. The van der Waals surface area contributed by atoms with E-state index in [0.717, 1.165) is 22.4 Å². The Morgan fingerprint density at radius 3 is 1.81 bits per heavy atom. The second-order valence-corrected chi connectivity index (χ2v) is 5.99. The molecule has 0 amide bonds. The van der Waals surface area contributed by atoms with Crippen LogP contribution in [-0.2, 0) is 5.41 Å². The quantitative estimate of drug-likeness (QED) is 0.605. The fourth-order valence-electron chi connectivity index (χ4n) is 2.99. The zero-order valence-electron chi connectivity index (χ0n) is 14.8. The highest BCUT2D eigenvalue weighted by molar-refractivity contribution is 5.49. The van der Waals surface area contributed by atoms with Gasteiger partial charge in [-0.15, -0.1) is 6.42 Å². The number of benzene rings is 3. The van der Waals surface area contributed by atoms with Crippen LogP contribution in [0.4, 0.5) is 0 Å². The first-order valence-electron chi connectivity index (χ1n) is 8.50. The van der Waals surface area contributed by atoms with Gasteiger partial charge in [0.15, 0.2) is 0 Å². The summed E-state index contributed by atoms with van der Waals surface area (Å²) in [6.45, 7) is 0. The van der Waals surface area contributed by atoms with Crippen LogP contribution >= 0.6 is 0 Å². The van der Waals surface area contributed by atoms with Crippen LogP contribution in [0.15, 0.2) is 84.9 Å². The van der Waals surface area contributed by atoms with Crippen LogP contribution < -0.4 is 4.74 Å². The van der Waals surface area contributed by atoms with Crippen LogP contribution in [0.1, 0.15) is 23.1 Å². The third-order valence-corrected chi connectivity index (χ3v) is 4.46. The molecule has 26 heavy (non-hydrogen) atoms. The maximum atomic E-state index is 6.05. The molecule has 0 unspecified atom stereocenters. The van der Waals surface area contributed by atoms with Crippen LogP contribution in [-0.4, -0.2) is 7.11 Å². The number of hydrogen-bond acceptors (Lipinski definition) is 1. The minimum Gasteiger partial charge on any atom is -0.497 e. The first kappa shape index (κ1) is 17.4. The number of hydrogen-bond donors (Lipinski definition) is 0. The lowest BCUT2D eigenvalue weighted by Gasteiger charge is -2.27. The fraction of sp³-hybridized carbons (Fsp3) is 0.120. The second-order valence-electron chi connectivity index (χ2n) is 5.99. The Labute approximate surface area is 155 Å². The SMILES string of the molecule is C#CC(CC#Cc1ccc(OC)cc1)(c1ccccc1)c1ccccc1. The smallest absolute Gasteiger partial charge is 0.118 e. The van der Waals surface area contributed by atoms with Crippen molar-refractivity contribution in [3.8, 4) is 29.9 Å². The highest BCUT2D eigenvalue weighted by Crippen LogP contribution is 2.34. The fourth-order valence-corrected chi connectivity index (χ4v) is 2.99. The van der Waals surface area contributed by atoms with Gasteiger partial charge in [-0.1, -0.05) is 78.4 Å². The Morgan fingerprint density at radius 2 is 1.35 bits per heavy atom. The van der Waals surface area contributed by atoms with Gasteiger partial charge in [0.2, 0.25) is 0 Å². The van der Waals surface area contributed by atoms with Crippen molar-refractivity contribution >= 4 is 0 Å². The third-order valence-electron chi connectivity index (χ3n) is 4.46. The summed E-state index contributed by atoms with van der Waals surface area (Å²) in [4.78, 5) is 0. The molecule has 0 N–H and O–H groups in total. The first-order chi connectivity index (χ1) is 12.8. The third kappa shape index (κ3) is 3.64. The molecule has 0 heterocycles. The minimum absolute atomic E-state index is 0.545. The molecule has 0 saturated heterocycles. The molecule has 0 atom stereocenters. The van der Waals surface area contributed by atoms with E-state index in [1.807, 2.05) is 60.7 Å². The Kier molecular flexibility index (Phi) is 5.43. The van der Waals surface area contributed by atoms with Gasteiger partial charge in [-0.25, -0.2) is 0 Å². The van der Waals surface area contributed by atoms with Crippen molar-refractivity contribution in [2.45, 2.75) is 11.8 Å². The monoisotopic (exact) mass is 336 g/mol. The summed E-state index contributed by atoms with van der Waals surface area (Å²) < 4.78 is 5.19. The van der Waals surface area contributed by atoms with Gasteiger partial charge in [-0.2, -0.15) is 0 Å². The van der Waals surface area contributed by atoms with E-state index in [1.54, 1.807) is 7.11 Å². The van der Waals surface area contributed by atoms with Gasteiger partial charge in [0.25, 0.3) is 0 Å². The molecule has 3 aromatic rings. The van der Waals surface area contributed by atoms with E-state index in [1.165, 1.54) is 0 Å². The van der Waals surface area contributed by atoms with Gasteiger partial charge in [-0.05, 0) is 35.4 Å². The molecule has 0 saturated carbocycles. The lowest BCUT2D eigenvalue weighted by molar-refractivity contribution is 0.415. The van der Waals surface area contributed by atoms with E-state index in [4.69, 9.17) is 11.2 Å². The van der Waals surface area contributed by atoms with E-state index in [9.17, 15) is 0 Å². The van der Waals surface area contributed by atoms with Crippen LogP contribution in [0.25, 0.3) is 0 Å². The largest absolute Gasteiger partial charge is 0.497 e. The second kappa shape index (κ2) is 8.11. The number of terminal acetylenes is 1. The summed E-state index contributed by atoms with van der Waals surface area (Å²) in [5.74, 6) is 10.4. The predicted octanol–water partition coefficient (Wildman–Crippen LogP) is 5.06. The van der Waals surface area contributed by atoms with Crippen LogP contribution in [0.2, 0.25) is 0 Å². The van der Waals surface area contributed by atoms with Gasteiger partial charge in [0.1, 0.15) is 5.75 Å². The Balaban J connectivity index is 1.97. The average molecular weight is 336 g/mol. The van der Waals surface area contributed by atoms with Crippen molar-refractivity contribution in [1.29, 1.82) is 0 Å². The molecule has 0 bridgehead atoms. The summed E-state index contributed by atoms with van der Waals surface area (Å²) >= 11 is 0. The highest BCUT2D eigenvalue weighted by Gasteiger charge is 2.31. The molecule has 0 aliphatic rings. The molecule has 3 aromatic carbocycles. The van der Waals surface area contributed by atoms with Crippen LogP contribution in [0, 0.1) is 24.2 Å². The van der Waals surface area contributed by atoms with E-state index < -0.39 is 5.41 Å². The zero-order chi connectivity index (χ0) is 18.2. The number of rotatable bonds is 4. The molecule has 0 spiro atoms. The van der Waals surface area contributed by atoms with E-state index in [2.05, 4.69) is 42.0 Å². The summed E-state index contributed by atoms with van der Waals surface area (Å²) in [6.07, 6.45) is 6.60. The average Bonchev–Trinajstić information content (AvgIpc) is 2.73. The molecule has 126 valence electrons. The lowest BCUT2D eigenvalue weighted by Crippen LogP contribution is -2.25. The molecule has 1 nitrogen and oxygen atoms in total. The van der Waals surface area contributed by atoms with Crippen LogP contribution in [0.5, 0.6) is 5.75 Å². The van der Waals surface area contributed by atoms with Crippen molar-refractivity contribution < 1.29 is 4.74 Å². The van der Waals surface area contributed by atoms with Crippen LogP contribution in [0.3, 0.4) is 0 Å². The van der Waals surface area contributed by atoms with Gasteiger partial charge in [0.05, 0.1) is 12.5 Å². The topological polar surface area (TPSA) is 9.23 Å².